The summed E-state index contributed by atoms with van der Waals surface area (Å²) in [4.78, 5) is 31.4. The maximum Gasteiger partial charge on any atom is 0.303 e. The van der Waals surface area contributed by atoms with Crippen molar-refractivity contribution in [2.45, 2.75) is 38.8 Å². The quantitative estimate of drug-likeness (QED) is 0.532. The van der Waals surface area contributed by atoms with Gasteiger partial charge in [0.1, 0.15) is 6.23 Å². The molecule has 0 radical (unpaired) electrons. The smallest absolute Gasteiger partial charge is 0.303 e. The Balaban J connectivity index is 2.18. The van der Waals surface area contributed by atoms with Gasteiger partial charge < -0.3 is 20.4 Å². The number of hydrogen-bond donors (Lipinski definition) is 3. The minimum absolute atomic E-state index is 0.0186. The Hall–Kier alpha value is -2.61. The zero-order valence-corrected chi connectivity index (χ0v) is 15.7. The lowest BCUT2D eigenvalue weighted by molar-refractivity contribution is -0.137. The molecule has 0 fully saturated rings. The third-order valence-corrected chi connectivity index (χ3v) is 4.28. The highest BCUT2D eigenvalue weighted by Gasteiger charge is 2.26. The molecule has 0 saturated carbocycles. The van der Waals surface area contributed by atoms with Crippen molar-refractivity contribution in [1.29, 1.82) is 0 Å². The van der Waals surface area contributed by atoms with Crippen molar-refractivity contribution in [3.63, 3.8) is 0 Å². The molecular formula is C19H28N4O4. The maximum atomic E-state index is 13.0. The van der Waals surface area contributed by atoms with E-state index < -0.39 is 12.2 Å². The molecule has 0 aliphatic carbocycles. The normalized spacial score (nSPS) is 14.2. The fraction of sp³-hybridized carbons (Fsp3) is 0.526. The van der Waals surface area contributed by atoms with E-state index in [0.717, 1.165) is 6.42 Å². The fourth-order valence-corrected chi connectivity index (χ4v) is 2.90. The van der Waals surface area contributed by atoms with Gasteiger partial charge in [-0.1, -0.05) is 31.5 Å². The van der Waals surface area contributed by atoms with E-state index in [0.29, 0.717) is 37.5 Å². The number of nitrogens with one attached hydrogen (secondary N) is 1. The van der Waals surface area contributed by atoms with E-state index in [2.05, 4.69) is 10.3 Å². The molecule has 8 nitrogen and oxygen atoms in total. The number of aliphatic carboxylic acids is 1. The number of nitrogens with zero attached hydrogens (tertiary/aromatic N) is 3. The summed E-state index contributed by atoms with van der Waals surface area (Å²) in [6.45, 7) is 3.71. The monoisotopic (exact) mass is 376 g/mol. The highest BCUT2D eigenvalue weighted by molar-refractivity contribution is 5.94. The Morgan fingerprint density at radius 3 is 2.63 bits per heavy atom. The molecule has 148 valence electrons. The topological polar surface area (TPSA) is 105 Å². The van der Waals surface area contributed by atoms with Crippen LogP contribution in [0.1, 0.15) is 43.0 Å². The molecule has 1 amide bonds. The molecule has 0 spiro atoms. The minimum Gasteiger partial charge on any atom is -0.481 e. The van der Waals surface area contributed by atoms with Crippen molar-refractivity contribution in [3.05, 3.63) is 35.9 Å². The van der Waals surface area contributed by atoms with Crippen LogP contribution in [-0.4, -0.2) is 70.4 Å². The fourth-order valence-electron chi connectivity index (χ4n) is 2.90. The van der Waals surface area contributed by atoms with E-state index in [1.54, 1.807) is 34.1 Å². The van der Waals surface area contributed by atoms with Crippen LogP contribution in [0.2, 0.25) is 0 Å². The lowest BCUT2D eigenvalue weighted by Gasteiger charge is -2.35. The van der Waals surface area contributed by atoms with E-state index in [4.69, 9.17) is 5.11 Å². The number of carboxylic acids is 1. The van der Waals surface area contributed by atoms with Crippen molar-refractivity contribution >= 4 is 17.8 Å². The van der Waals surface area contributed by atoms with Crippen LogP contribution in [0.15, 0.2) is 35.3 Å². The zero-order valence-electron chi connectivity index (χ0n) is 15.7. The first kappa shape index (κ1) is 20.7. The molecule has 1 aliphatic rings. The third-order valence-electron chi connectivity index (χ3n) is 4.28. The molecule has 0 bridgehead atoms. The summed E-state index contributed by atoms with van der Waals surface area (Å²) in [5.41, 5.74) is 0.527. The molecule has 0 aromatic heterocycles. The van der Waals surface area contributed by atoms with Crippen LogP contribution in [0.3, 0.4) is 0 Å². The highest BCUT2D eigenvalue weighted by atomic mass is 16.4. The number of aliphatic hydroxyl groups excluding tert-OH is 1. The molecule has 1 heterocycles. The molecule has 3 N–H and O–H groups in total. The van der Waals surface area contributed by atoms with Gasteiger partial charge in [-0.15, -0.1) is 0 Å². The summed E-state index contributed by atoms with van der Waals surface area (Å²) in [5, 5.41) is 22.6. The average molecular weight is 376 g/mol. The van der Waals surface area contributed by atoms with Crippen LogP contribution in [-0.2, 0) is 4.79 Å². The molecule has 8 heteroatoms. The Morgan fingerprint density at radius 1 is 1.30 bits per heavy atom. The van der Waals surface area contributed by atoms with Crippen LogP contribution < -0.4 is 5.32 Å². The van der Waals surface area contributed by atoms with Crippen molar-refractivity contribution in [1.82, 2.24) is 15.1 Å². The molecule has 1 atom stereocenters. The molecule has 1 aromatic carbocycles. The number of hydrogen-bond acceptors (Lipinski definition) is 6. The largest absolute Gasteiger partial charge is 0.481 e. The molecular weight excluding hydrogens is 348 g/mol. The maximum absolute atomic E-state index is 13.0. The number of carbonyl (C=O) groups excluding carboxylic acids is 1. The van der Waals surface area contributed by atoms with Gasteiger partial charge in [-0.05, 0) is 25.0 Å². The Kier molecular flexibility index (Phi) is 8.06. The minimum atomic E-state index is -0.896. The molecule has 1 aromatic rings. The lowest BCUT2D eigenvalue weighted by Crippen LogP contribution is -2.52. The number of carboxylic acid groups (broad SMARTS) is 1. The third kappa shape index (κ3) is 6.25. The van der Waals surface area contributed by atoms with Gasteiger partial charge in [0.15, 0.2) is 5.96 Å². The van der Waals surface area contributed by atoms with Crippen molar-refractivity contribution in [2.75, 3.05) is 26.3 Å². The number of aliphatic imine (C=N–C) groups is 1. The van der Waals surface area contributed by atoms with E-state index >= 15 is 0 Å². The van der Waals surface area contributed by atoms with Gasteiger partial charge in [0, 0.05) is 25.1 Å². The van der Waals surface area contributed by atoms with Crippen LogP contribution in [0, 0.1) is 0 Å². The van der Waals surface area contributed by atoms with Crippen LogP contribution in [0.5, 0.6) is 0 Å². The van der Waals surface area contributed by atoms with Crippen LogP contribution >= 0.6 is 0 Å². The lowest BCUT2D eigenvalue weighted by atomic mass is 10.2. The molecule has 1 aliphatic heterocycles. The molecule has 1 unspecified atom stereocenters. The Morgan fingerprint density at radius 2 is 2.04 bits per heavy atom. The first-order valence-corrected chi connectivity index (χ1v) is 9.32. The highest BCUT2D eigenvalue weighted by Crippen LogP contribution is 2.12. The number of aliphatic hydroxyl groups is 1. The Labute approximate surface area is 159 Å². The van der Waals surface area contributed by atoms with Crippen molar-refractivity contribution < 1.29 is 19.8 Å². The molecule has 27 heavy (non-hydrogen) atoms. The van der Waals surface area contributed by atoms with E-state index in [1.807, 2.05) is 13.0 Å². The van der Waals surface area contributed by atoms with Gasteiger partial charge in [-0.2, -0.15) is 0 Å². The predicted molar refractivity (Wildman–Crippen MR) is 102 cm³/mol. The van der Waals surface area contributed by atoms with Gasteiger partial charge in [0.2, 0.25) is 0 Å². The summed E-state index contributed by atoms with van der Waals surface area (Å²) in [7, 11) is 0. The van der Waals surface area contributed by atoms with E-state index in [1.165, 1.54) is 0 Å². The van der Waals surface area contributed by atoms with Gasteiger partial charge in [0.25, 0.3) is 5.91 Å². The van der Waals surface area contributed by atoms with Crippen molar-refractivity contribution in [3.8, 4) is 0 Å². The second-order valence-corrected chi connectivity index (χ2v) is 6.44. The first-order valence-electron chi connectivity index (χ1n) is 9.32. The number of guanidine groups is 1. The van der Waals surface area contributed by atoms with Gasteiger partial charge in [-0.25, -0.2) is 0 Å². The summed E-state index contributed by atoms with van der Waals surface area (Å²) in [6.07, 6.45) is 0.880. The summed E-state index contributed by atoms with van der Waals surface area (Å²) < 4.78 is 0. The molecule has 2 rings (SSSR count). The number of amides is 1. The van der Waals surface area contributed by atoms with Crippen LogP contribution in [0.25, 0.3) is 0 Å². The standard InChI is InChI=1S/C19H28N4O4/c1-2-7-16(24)23(19-20-11-12-21-19)14-22(13-6-10-17(25)26)18(27)15-8-4-3-5-9-15/h3-5,8-9,16,24H,2,6-7,10-14H2,1H3,(H,20,21)(H,25,26). The first-order chi connectivity index (χ1) is 13.0. The number of rotatable bonds is 10. The Bertz CT molecular complexity index is 650. The average Bonchev–Trinajstić information content (AvgIpc) is 3.19. The zero-order chi connectivity index (χ0) is 19.6. The van der Waals surface area contributed by atoms with E-state index in [-0.39, 0.29) is 25.5 Å². The van der Waals surface area contributed by atoms with E-state index in [9.17, 15) is 14.7 Å². The summed E-state index contributed by atoms with van der Waals surface area (Å²) in [6, 6.07) is 8.86. The van der Waals surface area contributed by atoms with Crippen LogP contribution in [0.4, 0.5) is 0 Å². The predicted octanol–water partition coefficient (Wildman–Crippen LogP) is 1.33. The van der Waals surface area contributed by atoms with Gasteiger partial charge in [-0.3, -0.25) is 19.5 Å². The summed E-state index contributed by atoms with van der Waals surface area (Å²) in [5.74, 6) is -0.528. The summed E-state index contributed by atoms with van der Waals surface area (Å²) >= 11 is 0. The second-order valence-electron chi connectivity index (χ2n) is 6.44. The van der Waals surface area contributed by atoms with Crippen molar-refractivity contribution in [2.24, 2.45) is 4.99 Å². The SMILES string of the molecule is CCCC(O)N(CN(CCCC(=O)O)C(=O)c1ccccc1)C1=NCCN1. The number of benzene rings is 1. The van der Waals surface area contributed by atoms with Gasteiger partial charge in [0.05, 0.1) is 13.2 Å². The second kappa shape index (κ2) is 10.5. The number of carbonyl (C=O) groups is 2. The molecule has 0 saturated heterocycles. The van der Waals surface area contributed by atoms with Gasteiger partial charge >= 0.3 is 5.97 Å².